The predicted octanol–water partition coefficient (Wildman–Crippen LogP) is 4.24. The van der Waals surface area contributed by atoms with Crippen molar-refractivity contribution in [3.63, 3.8) is 0 Å². The van der Waals surface area contributed by atoms with Crippen LogP contribution in [0.5, 0.6) is 0 Å². The van der Waals surface area contributed by atoms with Gasteiger partial charge in [-0.2, -0.15) is 4.79 Å². The lowest BCUT2D eigenvalue weighted by Crippen LogP contribution is -2.42. The number of azide groups is 1. The van der Waals surface area contributed by atoms with Crippen molar-refractivity contribution < 1.29 is 19.1 Å². The molecule has 3 rings (SSSR count). The topological polar surface area (TPSA) is 141 Å². The van der Waals surface area contributed by atoms with Gasteiger partial charge in [0.05, 0.1) is 0 Å². The maximum atomic E-state index is 12.4. The number of carbonyl (C=O) groups excluding carboxylic acids is 2. The Morgan fingerprint density at radius 1 is 1.06 bits per heavy atom. The van der Waals surface area contributed by atoms with Crippen LogP contribution in [0.3, 0.4) is 0 Å². The molecule has 1 unspecified atom stereocenters. The van der Waals surface area contributed by atoms with E-state index in [1.807, 2.05) is 48.5 Å². The zero-order valence-corrected chi connectivity index (χ0v) is 16.8. The first-order valence-electron chi connectivity index (χ1n) is 9.99. The number of amides is 1. The first kappa shape index (κ1) is 21.8. The van der Waals surface area contributed by atoms with Crippen molar-refractivity contribution in [2.24, 2.45) is 5.11 Å². The van der Waals surface area contributed by atoms with Crippen molar-refractivity contribution in [3.05, 3.63) is 75.6 Å². The third-order valence-corrected chi connectivity index (χ3v) is 5.23. The molecule has 0 heterocycles. The van der Waals surface area contributed by atoms with E-state index >= 15 is 0 Å². The highest BCUT2D eigenvalue weighted by atomic mass is 16.5. The molecule has 9 nitrogen and oxygen atoms in total. The number of nitrogens with one attached hydrogen (secondary N) is 1. The molecule has 9 heteroatoms. The SMILES string of the molecule is [N-]=[N+]=CC(=O)C(CCCCN=[N+]=[N-])NC(=O)OCC1c2ccccc2-c2ccccc21. The van der Waals surface area contributed by atoms with Crippen molar-refractivity contribution in [2.45, 2.75) is 31.2 Å². The summed E-state index contributed by atoms with van der Waals surface area (Å²) in [5.74, 6) is -0.630. The standard InChI is InChI=1S/C22H22N6O3/c23-25-13-21(29)20(11-5-6-12-26-28-24)27-22(30)31-14-19-17-9-3-1-7-15(17)16-8-2-4-10-18(16)19/h1-4,7-10,13,19-20H,5-6,11-12,14H2,(H,27,30). The summed E-state index contributed by atoms with van der Waals surface area (Å²) in [6.45, 7) is 0.433. The lowest BCUT2D eigenvalue weighted by Gasteiger charge is -2.17. The van der Waals surface area contributed by atoms with Crippen LogP contribution in [0.2, 0.25) is 0 Å². The number of nitrogens with zero attached hydrogens (tertiary/aromatic N) is 5. The molecule has 0 saturated heterocycles. The lowest BCUT2D eigenvalue weighted by atomic mass is 9.98. The maximum Gasteiger partial charge on any atom is 0.407 e. The molecule has 2 aromatic carbocycles. The number of hydrogen-bond donors (Lipinski definition) is 1. The quantitative estimate of drug-likeness (QED) is 0.203. The second-order valence-electron chi connectivity index (χ2n) is 7.12. The molecule has 1 N–H and O–H groups in total. The van der Waals surface area contributed by atoms with Crippen LogP contribution in [0, 0.1) is 0 Å². The lowest BCUT2D eigenvalue weighted by molar-refractivity contribution is -0.118. The number of carbonyl (C=O) groups is 2. The average Bonchev–Trinajstić information content (AvgIpc) is 3.10. The molecule has 0 fully saturated rings. The summed E-state index contributed by atoms with van der Waals surface area (Å²) in [7, 11) is 0. The molecule has 0 radical (unpaired) electrons. The molecular weight excluding hydrogens is 396 g/mol. The van der Waals surface area contributed by atoms with Gasteiger partial charge in [-0.05, 0) is 40.6 Å². The van der Waals surface area contributed by atoms with Gasteiger partial charge in [-0.1, -0.05) is 60.1 Å². The van der Waals surface area contributed by atoms with Crippen LogP contribution < -0.4 is 5.32 Å². The summed E-state index contributed by atoms with van der Waals surface area (Å²) in [5.41, 5.74) is 21.4. The summed E-state index contributed by atoms with van der Waals surface area (Å²) in [6.07, 6.45) is 1.44. The third-order valence-electron chi connectivity index (χ3n) is 5.23. The Morgan fingerprint density at radius 2 is 1.71 bits per heavy atom. The maximum absolute atomic E-state index is 12.4. The number of Topliss-reactive ketones (excluding diaryl/α,β-unsaturated/α-hetero) is 1. The molecule has 0 saturated carbocycles. The Morgan fingerprint density at radius 3 is 2.32 bits per heavy atom. The number of hydrogen-bond acceptors (Lipinski definition) is 4. The van der Waals surface area contributed by atoms with Crippen LogP contribution in [-0.4, -0.2) is 42.1 Å². The van der Waals surface area contributed by atoms with Gasteiger partial charge in [0.2, 0.25) is 0 Å². The number of ketones is 1. The Kier molecular flexibility index (Phi) is 7.54. The number of unbranched alkanes of at least 4 members (excludes halogenated alkanes) is 1. The average molecular weight is 418 g/mol. The van der Waals surface area contributed by atoms with Crippen LogP contribution in [0.4, 0.5) is 4.79 Å². The molecule has 0 aromatic heterocycles. The Bertz CT molecular complexity index is 1010. The van der Waals surface area contributed by atoms with Crippen LogP contribution in [0.1, 0.15) is 36.3 Å². The second kappa shape index (κ2) is 10.7. The highest BCUT2D eigenvalue weighted by Crippen LogP contribution is 2.44. The van der Waals surface area contributed by atoms with Gasteiger partial charge in [-0.25, -0.2) is 4.79 Å². The molecule has 1 aliphatic carbocycles. The van der Waals surface area contributed by atoms with Crippen LogP contribution in [0.15, 0.2) is 53.6 Å². The van der Waals surface area contributed by atoms with Crippen molar-refractivity contribution in [3.8, 4) is 11.1 Å². The number of alkyl carbamates (subject to hydrolysis) is 1. The first-order chi connectivity index (χ1) is 15.2. The normalized spacial score (nSPS) is 12.5. The smallest absolute Gasteiger partial charge is 0.407 e. The van der Waals surface area contributed by atoms with E-state index in [0.717, 1.165) is 28.5 Å². The zero-order chi connectivity index (χ0) is 22.1. The molecule has 1 amide bonds. The molecule has 0 spiro atoms. The molecule has 31 heavy (non-hydrogen) atoms. The largest absolute Gasteiger partial charge is 0.449 e. The fourth-order valence-corrected chi connectivity index (χ4v) is 3.79. The van der Waals surface area contributed by atoms with Gasteiger partial charge in [-0.3, -0.25) is 4.79 Å². The first-order valence-corrected chi connectivity index (χ1v) is 9.99. The summed E-state index contributed by atoms with van der Waals surface area (Å²) < 4.78 is 5.47. The highest BCUT2D eigenvalue weighted by molar-refractivity contribution is 6.28. The van der Waals surface area contributed by atoms with Gasteiger partial charge >= 0.3 is 12.3 Å². The minimum absolute atomic E-state index is 0.0878. The monoisotopic (exact) mass is 418 g/mol. The van der Waals surface area contributed by atoms with Crippen LogP contribution >= 0.6 is 0 Å². The van der Waals surface area contributed by atoms with Gasteiger partial charge in [0.1, 0.15) is 12.6 Å². The van der Waals surface area contributed by atoms with E-state index in [1.165, 1.54) is 0 Å². The van der Waals surface area contributed by atoms with Gasteiger partial charge in [0.25, 0.3) is 5.78 Å². The predicted molar refractivity (Wildman–Crippen MR) is 115 cm³/mol. The van der Waals surface area contributed by atoms with Crippen molar-refractivity contribution in [2.75, 3.05) is 13.2 Å². The minimum Gasteiger partial charge on any atom is -0.449 e. The molecule has 0 aliphatic heterocycles. The van der Waals surface area contributed by atoms with E-state index < -0.39 is 17.9 Å². The van der Waals surface area contributed by atoms with E-state index in [-0.39, 0.29) is 12.5 Å². The van der Waals surface area contributed by atoms with E-state index in [2.05, 4.69) is 20.1 Å². The van der Waals surface area contributed by atoms with E-state index in [4.69, 9.17) is 15.8 Å². The molecular formula is C22H22N6O3. The Labute approximate surface area is 179 Å². The molecule has 2 aromatic rings. The molecule has 1 atom stereocenters. The van der Waals surface area contributed by atoms with Crippen LogP contribution in [-0.2, 0) is 9.53 Å². The summed E-state index contributed by atoms with van der Waals surface area (Å²) >= 11 is 0. The van der Waals surface area contributed by atoms with Crippen LogP contribution in [0.25, 0.3) is 27.1 Å². The molecule has 1 aliphatic rings. The van der Waals surface area contributed by atoms with Gasteiger partial charge in [0.15, 0.2) is 0 Å². The third kappa shape index (κ3) is 5.36. The fraction of sp³-hybridized carbons (Fsp3) is 0.318. The number of benzene rings is 2. The Hall–Kier alpha value is -3.93. The Balaban J connectivity index is 1.63. The van der Waals surface area contributed by atoms with Crippen molar-refractivity contribution in [1.29, 1.82) is 0 Å². The van der Waals surface area contributed by atoms with Crippen molar-refractivity contribution >= 4 is 18.1 Å². The number of fused-ring (bicyclic) bond motifs is 3. The van der Waals surface area contributed by atoms with Gasteiger partial charge in [0, 0.05) is 17.4 Å². The van der Waals surface area contributed by atoms with E-state index in [9.17, 15) is 9.59 Å². The van der Waals surface area contributed by atoms with Crippen molar-refractivity contribution in [1.82, 2.24) is 5.32 Å². The van der Waals surface area contributed by atoms with Gasteiger partial charge in [-0.15, -0.1) is 0 Å². The summed E-state index contributed by atoms with van der Waals surface area (Å²) in [6, 6.07) is 15.1. The number of rotatable bonds is 10. The van der Waals surface area contributed by atoms with E-state index in [1.54, 1.807) is 0 Å². The molecule has 158 valence electrons. The van der Waals surface area contributed by atoms with Gasteiger partial charge < -0.3 is 15.6 Å². The zero-order valence-electron chi connectivity index (χ0n) is 16.8. The molecule has 0 bridgehead atoms. The fourth-order valence-electron chi connectivity index (χ4n) is 3.79. The minimum atomic E-state index is -0.891. The van der Waals surface area contributed by atoms with E-state index in [0.29, 0.717) is 25.8 Å². The number of ether oxygens (including phenoxy) is 1. The summed E-state index contributed by atoms with van der Waals surface area (Å²) in [4.78, 5) is 30.0. The highest BCUT2D eigenvalue weighted by Gasteiger charge is 2.29. The second-order valence-corrected chi connectivity index (χ2v) is 7.12. The summed E-state index contributed by atoms with van der Waals surface area (Å²) in [5, 5.41) is 5.99.